The molecule has 1 aliphatic carbocycles. The van der Waals surface area contributed by atoms with Gasteiger partial charge in [-0.2, -0.15) is 0 Å². The molecule has 1 N–H and O–H groups in total. The zero-order valence-electron chi connectivity index (χ0n) is 11.2. The van der Waals surface area contributed by atoms with E-state index >= 15 is 0 Å². The third-order valence-electron chi connectivity index (χ3n) is 3.68. The van der Waals surface area contributed by atoms with E-state index in [1.807, 2.05) is 30.3 Å². The maximum Gasteiger partial charge on any atom is 0.231 e. The highest BCUT2D eigenvalue weighted by molar-refractivity contribution is 6.53. The van der Waals surface area contributed by atoms with Gasteiger partial charge in [0.15, 0.2) is 0 Å². The van der Waals surface area contributed by atoms with Crippen molar-refractivity contribution in [2.24, 2.45) is 5.92 Å². The van der Waals surface area contributed by atoms with Crippen molar-refractivity contribution in [1.82, 2.24) is 0 Å². The number of carbonyl (C=O) groups is 1. The lowest BCUT2D eigenvalue weighted by Crippen LogP contribution is -2.17. The van der Waals surface area contributed by atoms with Crippen LogP contribution in [0.3, 0.4) is 0 Å². The largest absolute Gasteiger partial charge is 0.324 e. The summed E-state index contributed by atoms with van der Waals surface area (Å²) in [6.07, 6.45) is 0. The summed E-state index contributed by atoms with van der Waals surface area (Å²) >= 11 is 24.5. The molecule has 0 saturated heterocycles. The van der Waals surface area contributed by atoms with Gasteiger partial charge < -0.3 is 5.32 Å². The lowest BCUT2D eigenvalue weighted by atomic mass is 10.1. The van der Waals surface area contributed by atoms with E-state index in [1.54, 1.807) is 18.2 Å². The van der Waals surface area contributed by atoms with E-state index in [4.69, 9.17) is 46.4 Å². The van der Waals surface area contributed by atoms with E-state index < -0.39 is 10.3 Å². The number of nitrogens with one attached hydrogen (secondary N) is 1. The average molecular weight is 375 g/mol. The normalized spacial score (nSPS) is 22.2. The Morgan fingerprint density at radius 1 is 1.05 bits per heavy atom. The number of alkyl halides is 2. The van der Waals surface area contributed by atoms with Crippen LogP contribution in [0.2, 0.25) is 10.0 Å². The van der Waals surface area contributed by atoms with Gasteiger partial charge in [0.2, 0.25) is 5.91 Å². The minimum atomic E-state index is -1.11. The number of benzene rings is 2. The maximum absolute atomic E-state index is 12.4. The second-order valence-corrected chi connectivity index (χ2v) is 7.44. The van der Waals surface area contributed by atoms with Gasteiger partial charge in [-0.05, 0) is 23.8 Å². The molecule has 1 saturated carbocycles. The van der Waals surface area contributed by atoms with E-state index in [2.05, 4.69) is 5.32 Å². The quantitative estimate of drug-likeness (QED) is 0.704. The predicted octanol–water partition coefficient (Wildman–Crippen LogP) is 5.52. The molecule has 1 fully saturated rings. The van der Waals surface area contributed by atoms with Crippen LogP contribution in [0.1, 0.15) is 11.5 Å². The van der Waals surface area contributed by atoms with Gasteiger partial charge in [0.1, 0.15) is 4.33 Å². The first-order chi connectivity index (χ1) is 10.4. The van der Waals surface area contributed by atoms with Crippen molar-refractivity contribution < 1.29 is 4.79 Å². The van der Waals surface area contributed by atoms with Gasteiger partial charge in [-0.25, -0.2) is 0 Å². The smallest absolute Gasteiger partial charge is 0.231 e. The fourth-order valence-electron chi connectivity index (χ4n) is 2.53. The molecule has 0 aliphatic heterocycles. The summed E-state index contributed by atoms with van der Waals surface area (Å²) in [4.78, 5) is 12.4. The maximum atomic E-state index is 12.4. The molecule has 1 amide bonds. The highest BCUT2D eigenvalue weighted by Crippen LogP contribution is 2.65. The fraction of sp³-hybridized carbons (Fsp3) is 0.188. The molecular weight excluding hydrogens is 364 g/mol. The van der Waals surface area contributed by atoms with Gasteiger partial charge in [0.05, 0.1) is 16.6 Å². The molecule has 1 aliphatic rings. The van der Waals surface area contributed by atoms with Crippen molar-refractivity contribution in [2.75, 3.05) is 5.32 Å². The molecule has 114 valence electrons. The number of amides is 1. The van der Waals surface area contributed by atoms with Crippen LogP contribution in [-0.4, -0.2) is 10.2 Å². The van der Waals surface area contributed by atoms with Crippen LogP contribution in [-0.2, 0) is 4.79 Å². The van der Waals surface area contributed by atoms with Crippen molar-refractivity contribution >= 4 is 58.0 Å². The van der Waals surface area contributed by atoms with Crippen LogP contribution < -0.4 is 5.32 Å². The van der Waals surface area contributed by atoms with Crippen LogP contribution in [0.5, 0.6) is 0 Å². The topological polar surface area (TPSA) is 29.1 Å². The summed E-state index contributed by atoms with van der Waals surface area (Å²) < 4.78 is -1.11. The van der Waals surface area contributed by atoms with Gasteiger partial charge in [0, 0.05) is 10.9 Å². The Balaban J connectivity index is 1.78. The molecule has 3 rings (SSSR count). The zero-order valence-corrected chi connectivity index (χ0v) is 14.2. The van der Waals surface area contributed by atoms with E-state index in [9.17, 15) is 4.79 Å². The van der Waals surface area contributed by atoms with Crippen molar-refractivity contribution in [3.05, 3.63) is 64.1 Å². The minimum Gasteiger partial charge on any atom is -0.324 e. The molecule has 2 aromatic carbocycles. The lowest BCUT2D eigenvalue weighted by Gasteiger charge is -2.07. The van der Waals surface area contributed by atoms with Gasteiger partial charge in [-0.3, -0.25) is 4.79 Å². The third kappa shape index (κ3) is 2.93. The highest BCUT2D eigenvalue weighted by Gasteiger charge is 2.67. The SMILES string of the molecule is O=C(Nc1ccc(Cl)cc1Cl)[C@@H]1[C@H](c2ccccc2)C1(Cl)Cl. The fourth-order valence-corrected chi connectivity index (χ4v) is 3.81. The van der Waals surface area contributed by atoms with Gasteiger partial charge in [-0.15, -0.1) is 23.2 Å². The van der Waals surface area contributed by atoms with E-state index in [-0.39, 0.29) is 11.8 Å². The van der Waals surface area contributed by atoms with Crippen molar-refractivity contribution in [1.29, 1.82) is 0 Å². The van der Waals surface area contributed by atoms with Gasteiger partial charge in [0.25, 0.3) is 0 Å². The molecule has 2 aromatic rings. The molecule has 0 aromatic heterocycles. The second-order valence-electron chi connectivity index (χ2n) is 5.15. The highest BCUT2D eigenvalue weighted by atomic mass is 35.5. The Morgan fingerprint density at radius 3 is 2.36 bits per heavy atom. The number of hydrogen-bond donors (Lipinski definition) is 1. The summed E-state index contributed by atoms with van der Waals surface area (Å²) in [6, 6.07) is 14.4. The number of carbonyl (C=O) groups excluding carboxylic acids is 1. The molecule has 2 nitrogen and oxygen atoms in total. The Hall–Kier alpha value is -0.930. The lowest BCUT2D eigenvalue weighted by molar-refractivity contribution is -0.117. The summed E-state index contributed by atoms with van der Waals surface area (Å²) in [7, 11) is 0. The van der Waals surface area contributed by atoms with Crippen LogP contribution >= 0.6 is 46.4 Å². The molecule has 0 spiro atoms. The molecular formula is C16H11Cl4NO. The first-order valence-electron chi connectivity index (χ1n) is 6.60. The van der Waals surface area contributed by atoms with Crippen molar-refractivity contribution in [3.8, 4) is 0 Å². The standard InChI is InChI=1S/C16H11Cl4NO/c17-10-6-7-12(11(18)8-10)21-15(22)14-13(16(14,19)20)9-4-2-1-3-5-9/h1-8,13-14H,(H,21,22)/t13-,14-/m0/s1. The number of anilines is 1. The molecule has 2 atom stereocenters. The Morgan fingerprint density at radius 2 is 1.73 bits per heavy atom. The first-order valence-corrected chi connectivity index (χ1v) is 8.11. The molecule has 0 bridgehead atoms. The number of halogens is 4. The number of hydrogen-bond acceptors (Lipinski definition) is 1. The van der Waals surface area contributed by atoms with E-state index in [0.717, 1.165) is 5.56 Å². The third-order valence-corrected chi connectivity index (χ3v) is 5.17. The molecule has 22 heavy (non-hydrogen) atoms. The van der Waals surface area contributed by atoms with E-state index in [1.165, 1.54) is 0 Å². The summed E-state index contributed by atoms with van der Waals surface area (Å²) in [5.74, 6) is -1.02. The summed E-state index contributed by atoms with van der Waals surface area (Å²) in [6.45, 7) is 0. The minimum absolute atomic E-state index is 0.233. The average Bonchev–Trinajstić information content (AvgIpc) is 3.05. The zero-order chi connectivity index (χ0) is 15.9. The van der Waals surface area contributed by atoms with Crippen LogP contribution in [0.15, 0.2) is 48.5 Å². The Kier molecular flexibility index (Phi) is 4.30. The summed E-state index contributed by atoms with van der Waals surface area (Å²) in [5.41, 5.74) is 1.42. The molecule has 0 radical (unpaired) electrons. The molecule has 0 heterocycles. The second kappa shape index (κ2) is 5.93. The van der Waals surface area contributed by atoms with Crippen molar-refractivity contribution in [2.45, 2.75) is 10.3 Å². The van der Waals surface area contributed by atoms with Crippen molar-refractivity contribution in [3.63, 3.8) is 0 Å². The first kappa shape index (κ1) is 15.9. The molecule has 6 heteroatoms. The Bertz CT molecular complexity index is 717. The predicted molar refractivity (Wildman–Crippen MR) is 92.2 cm³/mol. The van der Waals surface area contributed by atoms with Crippen LogP contribution in [0.25, 0.3) is 0 Å². The van der Waals surface area contributed by atoms with Gasteiger partial charge >= 0.3 is 0 Å². The van der Waals surface area contributed by atoms with Gasteiger partial charge in [-0.1, -0.05) is 53.5 Å². The Labute approximate surface area is 148 Å². The van der Waals surface area contributed by atoms with Crippen LogP contribution in [0, 0.1) is 5.92 Å². The summed E-state index contributed by atoms with van der Waals surface area (Å²) in [5, 5.41) is 3.62. The van der Waals surface area contributed by atoms with E-state index in [0.29, 0.717) is 15.7 Å². The molecule has 0 unspecified atom stereocenters. The monoisotopic (exact) mass is 373 g/mol. The van der Waals surface area contributed by atoms with Crippen LogP contribution in [0.4, 0.5) is 5.69 Å². The number of rotatable bonds is 3.